The Kier molecular flexibility index (Phi) is 2.15. The van der Waals surface area contributed by atoms with Gasteiger partial charge >= 0.3 is 0 Å². The monoisotopic (exact) mass is 259 g/mol. The number of rotatable bonds is 1. The first-order valence-electron chi connectivity index (χ1n) is 6.22. The third kappa shape index (κ3) is 1.38. The van der Waals surface area contributed by atoms with Gasteiger partial charge in [0.2, 0.25) is 0 Å². The average molecular weight is 259 g/mol. The summed E-state index contributed by atoms with van der Waals surface area (Å²) in [5.41, 5.74) is 2.20. The fourth-order valence-electron chi connectivity index (χ4n) is 2.48. The van der Waals surface area contributed by atoms with Gasteiger partial charge in [0.25, 0.3) is 0 Å². The predicted molar refractivity (Wildman–Crippen MR) is 75.1 cm³/mol. The van der Waals surface area contributed by atoms with Gasteiger partial charge in [-0.2, -0.15) is 5.26 Å². The zero-order valence-electron chi connectivity index (χ0n) is 10.4. The molecule has 0 aliphatic heterocycles. The van der Waals surface area contributed by atoms with E-state index in [0.29, 0.717) is 17.3 Å². The topological polar surface area (TPSA) is 54.2 Å². The van der Waals surface area contributed by atoms with Crippen LogP contribution in [0.25, 0.3) is 28.0 Å². The summed E-state index contributed by atoms with van der Waals surface area (Å²) in [7, 11) is 0. The van der Waals surface area contributed by atoms with Crippen LogP contribution in [0.2, 0.25) is 0 Å². The number of hydrogen-bond donors (Lipinski definition) is 0. The summed E-state index contributed by atoms with van der Waals surface area (Å²) in [5, 5.41) is 10.4. The smallest absolute Gasteiger partial charge is 0.182 e. The quantitative estimate of drug-likeness (QED) is 0.524. The summed E-state index contributed by atoms with van der Waals surface area (Å²) in [6, 6.07) is 17.7. The summed E-state index contributed by atoms with van der Waals surface area (Å²) in [6.07, 6.45) is 1.60. The minimum absolute atomic E-state index is 0.405. The molecule has 1 aromatic carbocycles. The van der Waals surface area contributed by atoms with E-state index in [2.05, 4.69) is 11.1 Å². The molecule has 0 fully saturated rings. The van der Waals surface area contributed by atoms with Gasteiger partial charge in [-0.3, -0.25) is 4.40 Å². The number of pyridine rings is 1. The number of para-hydroxylation sites is 1. The summed E-state index contributed by atoms with van der Waals surface area (Å²) in [6.45, 7) is 0. The predicted octanol–water partition coefficient (Wildman–Crippen LogP) is 3.62. The number of benzene rings is 1. The molecule has 0 unspecified atom stereocenters. The molecule has 94 valence electrons. The zero-order valence-corrected chi connectivity index (χ0v) is 10.4. The maximum atomic E-state index is 9.26. The number of fused-ring (bicyclic) bond motifs is 3. The molecule has 4 nitrogen and oxygen atoms in total. The number of aromatic nitrogens is 2. The molecule has 4 heteroatoms. The molecule has 20 heavy (non-hydrogen) atoms. The number of imidazole rings is 1. The lowest BCUT2D eigenvalue weighted by Gasteiger charge is -2.04. The molecule has 0 aliphatic carbocycles. The van der Waals surface area contributed by atoms with Gasteiger partial charge < -0.3 is 4.42 Å². The Balaban J connectivity index is 2.24. The van der Waals surface area contributed by atoms with Crippen molar-refractivity contribution in [2.45, 2.75) is 0 Å². The Morgan fingerprint density at radius 3 is 2.70 bits per heavy atom. The van der Waals surface area contributed by atoms with E-state index >= 15 is 0 Å². The van der Waals surface area contributed by atoms with E-state index in [1.807, 2.05) is 52.9 Å². The van der Waals surface area contributed by atoms with Crippen LogP contribution in [0.15, 0.2) is 59.2 Å². The normalized spacial score (nSPS) is 10.9. The highest BCUT2D eigenvalue weighted by atomic mass is 16.3. The Bertz CT molecular complexity index is 959. The summed E-state index contributed by atoms with van der Waals surface area (Å²) in [4.78, 5) is 4.41. The molecule has 0 atom stereocenters. The molecule has 4 rings (SSSR count). The molecule has 4 aromatic rings. The van der Waals surface area contributed by atoms with Crippen molar-refractivity contribution in [1.29, 1.82) is 5.26 Å². The lowest BCUT2D eigenvalue weighted by atomic mass is 10.2. The van der Waals surface area contributed by atoms with Crippen molar-refractivity contribution in [3.05, 3.63) is 60.5 Å². The van der Waals surface area contributed by atoms with Gasteiger partial charge in [0.1, 0.15) is 6.07 Å². The van der Waals surface area contributed by atoms with Crippen LogP contribution in [-0.2, 0) is 0 Å². The third-order valence-corrected chi connectivity index (χ3v) is 3.36. The maximum Gasteiger partial charge on any atom is 0.182 e. The molecule has 0 aliphatic rings. The number of nitrogens with zero attached hydrogens (tertiary/aromatic N) is 3. The Labute approximate surface area is 114 Å². The molecule has 0 bridgehead atoms. The minimum atomic E-state index is 0.405. The molecule has 0 radical (unpaired) electrons. The number of hydrogen-bond acceptors (Lipinski definition) is 3. The van der Waals surface area contributed by atoms with Crippen molar-refractivity contribution >= 4 is 16.4 Å². The van der Waals surface area contributed by atoms with Crippen molar-refractivity contribution in [2.24, 2.45) is 0 Å². The summed E-state index contributed by atoms with van der Waals surface area (Å²) >= 11 is 0. The van der Waals surface area contributed by atoms with Gasteiger partial charge in [0.15, 0.2) is 17.3 Å². The Hall–Kier alpha value is -3.06. The highest BCUT2D eigenvalue weighted by Crippen LogP contribution is 2.27. The van der Waals surface area contributed by atoms with Crippen LogP contribution in [0.3, 0.4) is 0 Å². The lowest BCUT2D eigenvalue weighted by Crippen LogP contribution is -1.90. The first kappa shape index (κ1) is 10.8. The molecule has 0 saturated heterocycles. The van der Waals surface area contributed by atoms with Crippen molar-refractivity contribution in [3.8, 4) is 17.7 Å². The molecule has 3 aromatic heterocycles. The third-order valence-electron chi connectivity index (χ3n) is 3.36. The van der Waals surface area contributed by atoms with Gasteiger partial charge in [-0.05, 0) is 29.7 Å². The fourth-order valence-corrected chi connectivity index (χ4v) is 2.48. The molecular formula is C16H9N3O. The van der Waals surface area contributed by atoms with Crippen LogP contribution < -0.4 is 0 Å². The van der Waals surface area contributed by atoms with Gasteiger partial charge in [-0.25, -0.2) is 4.98 Å². The van der Waals surface area contributed by atoms with Crippen molar-refractivity contribution in [1.82, 2.24) is 9.38 Å². The Morgan fingerprint density at radius 1 is 1.00 bits per heavy atom. The Morgan fingerprint density at radius 2 is 1.90 bits per heavy atom. The summed E-state index contributed by atoms with van der Waals surface area (Å²) in [5.74, 6) is 1.30. The molecule has 0 spiro atoms. The highest BCUT2D eigenvalue weighted by molar-refractivity contribution is 5.86. The zero-order chi connectivity index (χ0) is 13.5. The van der Waals surface area contributed by atoms with Crippen molar-refractivity contribution < 1.29 is 4.42 Å². The first-order chi connectivity index (χ1) is 9.88. The average Bonchev–Trinajstić information content (AvgIpc) is 3.14. The van der Waals surface area contributed by atoms with E-state index in [9.17, 15) is 5.26 Å². The number of furan rings is 1. The number of nitriles is 1. The molecular weight excluding hydrogens is 250 g/mol. The SMILES string of the molecule is N#Cc1nc(-c2ccco2)n2c1ccc1ccccc12. The fraction of sp³-hybridized carbons (Fsp3) is 0. The van der Waals surface area contributed by atoms with E-state index in [-0.39, 0.29) is 0 Å². The van der Waals surface area contributed by atoms with Crippen LogP contribution in [-0.4, -0.2) is 9.38 Å². The highest BCUT2D eigenvalue weighted by Gasteiger charge is 2.16. The van der Waals surface area contributed by atoms with Crippen LogP contribution in [0.5, 0.6) is 0 Å². The lowest BCUT2D eigenvalue weighted by molar-refractivity contribution is 0.577. The van der Waals surface area contributed by atoms with Crippen molar-refractivity contribution in [3.63, 3.8) is 0 Å². The van der Waals surface area contributed by atoms with Crippen molar-refractivity contribution in [2.75, 3.05) is 0 Å². The van der Waals surface area contributed by atoms with E-state index < -0.39 is 0 Å². The standard InChI is InChI=1S/C16H9N3O/c17-10-12-14-8-7-11-4-1-2-5-13(11)19(14)16(18-12)15-6-3-9-20-15/h1-9H. The minimum Gasteiger partial charge on any atom is -0.461 e. The second-order valence-electron chi connectivity index (χ2n) is 4.49. The van der Waals surface area contributed by atoms with E-state index in [4.69, 9.17) is 4.42 Å². The van der Waals surface area contributed by atoms with Gasteiger partial charge in [-0.15, -0.1) is 0 Å². The summed E-state index contributed by atoms with van der Waals surface area (Å²) < 4.78 is 7.41. The molecule has 0 saturated carbocycles. The van der Waals surface area contributed by atoms with Crippen LogP contribution in [0.4, 0.5) is 0 Å². The van der Waals surface area contributed by atoms with Crippen LogP contribution in [0, 0.1) is 11.3 Å². The van der Waals surface area contributed by atoms with E-state index in [1.54, 1.807) is 6.26 Å². The van der Waals surface area contributed by atoms with Gasteiger partial charge in [-0.1, -0.05) is 24.3 Å². The largest absolute Gasteiger partial charge is 0.461 e. The first-order valence-corrected chi connectivity index (χ1v) is 6.22. The van der Waals surface area contributed by atoms with Gasteiger partial charge in [0, 0.05) is 0 Å². The van der Waals surface area contributed by atoms with E-state index in [0.717, 1.165) is 16.4 Å². The van der Waals surface area contributed by atoms with Crippen LogP contribution >= 0.6 is 0 Å². The molecule has 0 N–H and O–H groups in total. The van der Waals surface area contributed by atoms with E-state index in [1.165, 1.54) is 0 Å². The second-order valence-corrected chi connectivity index (χ2v) is 4.49. The maximum absolute atomic E-state index is 9.26. The molecule has 0 amide bonds. The van der Waals surface area contributed by atoms with Crippen LogP contribution in [0.1, 0.15) is 5.69 Å². The molecule has 3 heterocycles. The second kappa shape index (κ2) is 3.97. The van der Waals surface area contributed by atoms with Gasteiger partial charge in [0.05, 0.1) is 17.3 Å².